The summed E-state index contributed by atoms with van der Waals surface area (Å²) >= 11 is 0. The molecule has 9 heteroatoms. The second-order valence-electron chi connectivity index (χ2n) is 6.51. The molecule has 3 rings (SSSR count). The predicted molar refractivity (Wildman–Crippen MR) is 109 cm³/mol. The number of carbonyl (C=O) groups excluding carboxylic acids is 1. The van der Waals surface area contributed by atoms with Gasteiger partial charge in [-0.25, -0.2) is 4.98 Å². The topological polar surface area (TPSA) is 114 Å². The second kappa shape index (κ2) is 8.96. The van der Waals surface area contributed by atoms with Gasteiger partial charge in [-0.2, -0.15) is 9.67 Å². The molecule has 0 fully saturated rings. The van der Waals surface area contributed by atoms with Crippen molar-refractivity contribution >= 4 is 23.5 Å². The van der Waals surface area contributed by atoms with Gasteiger partial charge in [-0.05, 0) is 63.5 Å². The first-order valence-corrected chi connectivity index (χ1v) is 8.97. The van der Waals surface area contributed by atoms with E-state index >= 15 is 0 Å². The molecule has 0 aliphatic carbocycles. The minimum Gasteiger partial charge on any atom is -0.368 e. The van der Waals surface area contributed by atoms with Crippen LogP contribution in [0.3, 0.4) is 0 Å². The average Bonchev–Trinajstić information content (AvgIpc) is 3.06. The fraction of sp³-hybridized carbons (Fsp3) is 0.263. The number of anilines is 3. The predicted octanol–water partition coefficient (Wildman–Crippen LogP) is 1.67. The molecule has 0 saturated heterocycles. The van der Waals surface area contributed by atoms with Gasteiger partial charge in [0.05, 0.1) is 0 Å². The van der Waals surface area contributed by atoms with Gasteiger partial charge in [-0.3, -0.25) is 4.79 Å². The largest absolute Gasteiger partial charge is 0.368 e. The third-order valence-corrected chi connectivity index (χ3v) is 3.97. The Morgan fingerprint density at radius 3 is 2.64 bits per heavy atom. The molecule has 3 aromatic rings. The molecule has 2 aromatic heterocycles. The summed E-state index contributed by atoms with van der Waals surface area (Å²) in [6, 6.07) is 12.6. The van der Waals surface area contributed by atoms with Crippen LogP contribution in [0.25, 0.3) is 5.82 Å². The number of amides is 1. The molecular formula is C19H24N8O. The van der Waals surface area contributed by atoms with Crippen molar-refractivity contribution in [3.05, 3.63) is 54.2 Å². The number of rotatable bonds is 8. The minimum atomic E-state index is -0.0906. The number of pyridine rings is 1. The molecule has 0 atom stereocenters. The van der Waals surface area contributed by atoms with E-state index in [4.69, 9.17) is 5.73 Å². The van der Waals surface area contributed by atoms with Gasteiger partial charge in [0.1, 0.15) is 0 Å². The van der Waals surface area contributed by atoms with Crippen molar-refractivity contribution in [2.45, 2.75) is 6.42 Å². The molecule has 2 heterocycles. The number of benzene rings is 1. The van der Waals surface area contributed by atoms with E-state index < -0.39 is 0 Å². The van der Waals surface area contributed by atoms with Crippen molar-refractivity contribution < 1.29 is 4.79 Å². The summed E-state index contributed by atoms with van der Waals surface area (Å²) in [7, 11) is 4.02. The molecule has 0 unspecified atom stereocenters. The molecular weight excluding hydrogens is 356 g/mol. The zero-order valence-electron chi connectivity index (χ0n) is 16.0. The molecule has 0 aliphatic rings. The molecule has 4 N–H and O–H groups in total. The lowest BCUT2D eigenvalue weighted by molar-refractivity contribution is 0.0952. The summed E-state index contributed by atoms with van der Waals surface area (Å²) in [6.07, 6.45) is 2.57. The van der Waals surface area contributed by atoms with E-state index in [2.05, 4.69) is 30.6 Å². The van der Waals surface area contributed by atoms with Crippen molar-refractivity contribution in [2.75, 3.05) is 38.2 Å². The van der Waals surface area contributed by atoms with E-state index in [0.29, 0.717) is 23.9 Å². The number of hydrogen-bond acceptors (Lipinski definition) is 7. The summed E-state index contributed by atoms with van der Waals surface area (Å²) in [6.45, 7) is 1.58. The molecule has 0 saturated carbocycles. The van der Waals surface area contributed by atoms with E-state index in [9.17, 15) is 4.79 Å². The minimum absolute atomic E-state index is 0.0906. The zero-order valence-corrected chi connectivity index (χ0v) is 16.0. The van der Waals surface area contributed by atoms with Crippen molar-refractivity contribution in [2.24, 2.45) is 0 Å². The van der Waals surface area contributed by atoms with Crippen LogP contribution < -0.4 is 16.4 Å². The maximum Gasteiger partial charge on any atom is 0.251 e. The van der Waals surface area contributed by atoms with Crippen molar-refractivity contribution in [3.8, 4) is 5.82 Å². The van der Waals surface area contributed by atoms with Gasteiger partial charge < -0.3 is 21.3 Å². The van der Waals surface area contributed by atoms with Gasteiger partial charge in [0.2, 0.25) is 11.9 Å². The number of nitrogens with one attached hydrogen (secondary N) is 2. The van der Waals surface area contributed by atoms with E-state index in [1.807, 2.05) is 26.2 Å². The summed E-state index contributed by atoms with van der Waals surface area (Å²) in [5, 5.41) is 10.3. The molecule has 0 bridgehead atoms. The van der Waals surface area contributed by atoms with Gasteiger partial charge in [0, 0.05) is 24.0 Å². The number of nitrogens with two attached hydrogens (primary N) is 1. The normalized spacial score (nSPS) is 10.8. The lowest BCUT2D eigenvalue weighted by Gasteiger charge is -2.10. The number of hydrogen-bond donors (Lipinski definition) is 3. The van der Waals surface area contributed by atoms with Crippen LogP contribution in [0, 0.1) is 0 Å². The van der Waals surface area contributed by atoms with Gasteiger partial charge in [0.15, 0.2) is 5.82 Å². The van der Waals surface area contributed by atoms with Crippen LogP contribution in [0.2, 0.25) is 0 Å². The Morgan fingerprint density at radius 1 is 1.18 bits per heavy atom. The Kier molecular flexibility index (Phi) is 6.18. The molecule has 1 amide bonds. The fourth-order valence-electron chi connectivity index (χ4n) is 2.56. The molecule has 0 spiro atoms. The Hall–Kier alpha value is -3.46. The number of aromatic nitrogens is 4. The molecule has 0 radical (unpaired) electrons. The smallest absolute Gasteiger partial charge is 0.251 e. The second-order valence-corrected chi connectivity index (χ2v) is 6.51. The molecule has 1 aromatic carbocycles. The Bertz CT molecular complexity index is 905. The van der Waals surface area contributed by atoms with Crippen LogP contribution >= 0.6 is 0 Å². The fourth-order valence-corrected chi connectivity index (χ4v) is 2.56. The summed E-state index contributed by atoms with van der Waals surface area (Å²) in [5.41, 5.74) is 7.27. The van der Waals surface area contributed by atoms with Crippen LogP contribution in [0.1, 0.15) is 16.8 Å². The lowest BCUT2D eigenvalue weighted by Crippen LogP contribution is -2.27. The number of nitrogen functional groups attached to an aromatic ring is 1. The van der Waals surface area contributed by atoms with E-state index in [1.54, 1.807) is 36.5 Å². The van der Waals surface area contributed by atoms with Gasteiger partial charge in [-0.1, -0.05) is 6.07 Å². The van der Waals surface area contributed by atoms with Crippen molar-refractivity contribution in [1.82, 2.24) is 30.0 Å². The van der Waals surface area contributed by atoms with E-state index in [0.717, 1.165) is 18.7 Å². The highest BCUT2D eigenvalue weighted by Crippen LogP contribution is 2.17. The van der Waals surface area contributed by atoms with E-state index in [1.165, 1.54) is 4.68 Å². The molecule has 9 nitrogen and oxygen atoms in total. The molecule has 0 aliphatic heterocycles. The first-order valence-electron chi connectivity index (χ1n) is 8.97. The first-order chi connectivity index (χ1) is 13.5. The first kappa shape index (κ1) is 19.3. The SMILES string of the molecule is CN(C)CCCNC(=O)c1ccc(Nc2nc(N)n(-c3ccccn3)n2)cc1. The highest BCUT2D eigenvalue weighted by atomic mass is 16.1. The van der Waals surface area contributed by atoms with Crippen LogP contribution in [0.15, 0.2) is 48.7 Å². The van der Waals surface area contributed by atoms with Crippen molar-refractivity contribution in [1.29, 1.82) is 0 Å². The number of nitrogens with zero attached hydrogens (tertiary/aromatic N) is 5. The summed E-state index contributed by atoms with van der Waals surface area (Å²) in [4.78, 5) is 22.7. The highest BCUT2D eigenvalue weighted by molar-refractivity contribution is 5.94. The van der Waals surface area contributed by atoms with Crippen LogP contribution in [0.4, 0.5) is 17.6 Å². The molecule has 28 heavy (non-hydrogen) atoms. The van der Waals surface area contributed by atoms with Gasteiger partial charge in [-0.15, -0.1) is 5.10 Å². The van der Waals surface area contributed by atoms with Crippen molar-refractivity contribution in [3.63, 3.8) is 0 Å². The highest BCUT2D eigenvalue weighted by Gasteiger charge is 2.10. The Labute approximate surface area is 163 Å². The quantitative estimate of drug-likeness (QED) is 0.509. The number of carbonyl (C=O) groups is 1. The van der Waals surface area contributed by atoms with Crippen LogP contribution in [0.5, 0.6) is 0 Å². The zero-order chi connectivity index (χ0) is 19.9. The Balaban J connectivity index is 1.59. The monoisotopic (exact) mass is 380 g/mol. The van der Waals surface area contributed by atoms with Crippen LogP contribution in [-0.4, -0.2) is 57.7 Å². The van der Waals surface area contributed by atoms with Crippen LogP contribution in [-0.2, 0) is 0 Å². The maximum absolute atomic E-state index is 12.2. The van der Waals surface area contributed by atoms with Gasteiger partial charge >= 0.3 is 0 Å². The maximum atomic E-state index is 12.2. The third-order valence-electron chi connectivity index (χ3n) is 3.97. The summed E-state index contributed by atoms with van der Waals surface area (Å²) in [5.74, 6) is 1.08. The van der Waals surface area contributed by atoms with Gasteiger partial charge in [0.25, 0.3) is 5.91 Å². The average molecular weight is 380 g/mol. The lowest BCUT2D eigenvalue weighted by atomic mass is 10.2. The van der Waals surface area contributed by atoms with E-state index in [-0.39, 0.29) is 11.9 Å². The summed E-state index contributed by atoms with van der Waals surface area (Å²) < 4.78 is 1.46. The Morgan fingerprint density at radius 2 is 1.96 bits per heavy atom. The molecule has 146 valence electrons. The third kappa shape index (κ3) is 5.04. The standard InChI is InChI=1S/C19H24N8O/c1-26(2)13-5-12-22-17(28)14-7-9-15(10-8-14)23-19-24-18(20)27(25-19)16-6-3-4-11-21-16/h3-4,6-11H,5,12-13H2,1-2H3,(H,22,28)(H3,20,23,24,25).